The van der Waals surface area contributed by atoms with E-state index in [-0.39, 0.29) is 17.7 Å². The summed E-state index contributed by atoms with van der Waals surface area (Å²) in [7, 11) is 5.28. The third-order valence-electron chi connectivity index (χ3n) is 7.78. The number of hydrogen-bond acceptors (Lipinski definition) is 8. The first kappa shape index (κ1) is 31.0. The predicted octanol–water partition coefficient (Wildman–Crippen LogP) is 3.45. The lowest BCUT2D eigenvalue weighted by atomic mass is 10.2. The van der Waals surface area contributed by atoms with Gasteiger partial charge in [0.15, 0.2) is 0 Å². The van der Waals surface area contributed by atoms with Gasteiger partial charge in [-0.3, -0.25) is 24.3 Å². The Balaban J connectivity index is 1.09. The molecule has 46 heavy (non-hydrogen) atoms. The topological polar surface area (TPSA) is 140 Å². The largest absolute Gasteiger partial charge is 0.379 e. The molecule has 6 heterocycles. The molecule has 0 unspecified atom stereocenters. The Labute approximate surface area is 269 Å². The zero-order valence-corrected chi connectivity index (χ0v) is 26.6. The van der Waals surface area contributed by atoms with Gasteiger partial charge in [0.05, 0.1) is 30.3 Å². The minimum Gasteiger partial charge on any atom is -0.379 e. The fraction of sp³-hybridized carbons (Fsp3) is 0.281. The molecular weight excluding hydrogens is 606 g/mol. The van der Waals surface area contributed by atoms with E-state index in [0.717, 1.165) is 30.2 Å². The minimum absolute atomic E-state index is 0.217. The molecule has 0 bridgehead atoms. The van der Waals surface area contributed by atoms with Crippen LogP contribution in [0.4, 0.5) is 11.4 Å². The van der Waals surface area contributed by atoms with Gasteiger partial charge in [0.2, 0.25) is 0 Å². The van der Waals surface area contributed by atoms with Crippen LogP contribution in [0.15, 0.2) is 66.7 Å². The van der Waals surface area contributed by atoms with Crippen molar-refractivity contribution in [3.8, 4) is 21.8 Å². The number of pyridine rings is 1. The molecule has 0 spiro atoms. The van der Waals surface area contributed by atoms with Crippen LogP contribution >= 0.6 is 11.3 Å². The van der Waals surface area contributed by atoms with Crippen molar-refractivity contribution in [2.75, 3.05) is 50.0 Å². The lowest BCUT2D eigenvalue weighted by Crippen LogP contribution is -2.41. The summed E-state index contributed by atoms with van der Waals surface area (Å²) in [6.45, 7) is 4.39. The highest BCUT2D eigenvalue weighted by Gasteiger charge is 2.22. The highest BCUT2D eigenvalue weighted by atomic mass is 32.1. The molecule has 1 saturated heterocycles. The Morgan fingerprint density at radius 1 is 0.913 bits per heavy atom. The summed E-state index contributed by atoms with van der Waals surface area (Å²) >= 11 is 1.48. The number of thiazole rings is 1. The van der Waals surface area contributed by atoms with Gasteiger partial charge in [0.1, 0.15) is 22.1 Å². The second-order valence-corrected chi connectivity index (χ2v) is 11.9. The van der Waals surface area contributed by atoms with Crippen LogP contribution in [0.25, 0.3) is 21.8 Å². The molecule has 1 fully saturated rings. The first-order valence-corrected chi connectivity index (χ1v) is 15.7. The number of carbonyl (C=O) groups is 3. The van der Waals surface area contributed by atoms with Crippen LogP contribution < -0.4 is 16.0 Å². The average Bonchev–Trinajstić information content (AvgIpc) is 3.84. The van der Waals surface area contributed by atoms with Gasteiger partial charge in [-0.1, -0.05) is 0 Å². The highest BCUT2D eigenvalue weighted by Crippen LogP contribution is 2.31. The van der Waals surface area contributed by atoms with E-state index < -0.39 is 0 Å². The summed E-state index contributed by atoms with van der Waals surface area (Å²) in [6, 6.07) is 8.92. The maximum Gasteiger partial charge on any atom is 0.273 e. The van der Waals surface area contributed by atoms with Crippen LogP contribution in [0.5, 0.6) is 0 Å². The number of carbonyl (C=O) groups excluding carboxylic acids is 3. The number of anilines is 2. The van der Waals surface area contributed by atoms with Gasteiger partial charge in [-0.25, -0.2) is 4.98 Å². The third-order valence-corrected chi connectivity index (χ3v) is 8.68. The van der Waals surface area contributed by atoms with E-state index >= 15 is 0 Å². The number of morpholine rings is 1. The molecule has 5 aromatic heterocycles. The summed E-state index contributed by atoms with van der Waals surface area (Å²) in [4.78, 5) is 50.7. The lowest BCUT2D eigenvalue weighted by molar-refractivity contribution is 0.0383. The first-order chi connectivity index (χ1) is 22.3. The van der Waals surface area contributed by atoms with Crippen LogP contribution in [-0.4, -0.2) is 85.7 Å². The number of nitrogens with one attached hydrogen (secondary N) is 3. The SMILES string of the molecule is Cn1cc(NC(=O)c2cc(NC(=O)c3c(-c4csc(-c5cccnc5)n4)ccn3C)cn2C)cc1C(=O)NCCN1CCOCC1. The lowest BCUT2D eigenvalue weighted by Gasteiger charge is -2.26. The Bertz CT molecular complexity index is 1860. The van der Waals surface area contributed by atoms with E-state index in [1.807, 2.05) is 29.8 Å². The molecule has 3 amide bonds. The van der Waals surface area contributed by atoms with Crippen molar-refractivity contribution in [2.24, 2.45) is 21.1 Å². The van der Waals surface area contributed by atoms with Crippen LogP contribution in [0.3, 0.4) is 0 Å². The maximum atomic E-state index is 13.5. The zero-order valence-electron chi connectivity index (χ0n) is 25.8. The van der Waals surface area contributed by atoms with Crippen LogP contribution in [0.2, 0.25) is 0 Å². The number of aromatic nitrogens is 5. The molecule has 1 aliphatic rings. The van der Waals surface area contributed by atoms with Gasteiger partial charge in [-0.2, -0.15) is 0 Å². The highest BCUT2D eigenvalue weighted by molar-refractivity contribution is 7.13. The smallest absolute Gasteiger partial charge is 0.273 e. The van der Waals surface area contributed by atoms with E-state index in [4.69, 9.17) is 9.72 Å². The Kier molecular flexibility index (Phi) is 9.10. The van der Waals surface area contributed by atoms with E-state index in [2.05, 4.69) is 25.8 Å². The second-order valence-electron chi connectivity index (χ2n) is 11.0. The number of amides is 3. The van der Waals surface area contributed by atoms with Gasteiger partial charge in [-0.15, -0.1) is 11.3 Å². The summed E-state index contributed by atoms with van der Waals surface area (Å²) in [5, 5.41) is 11.5. The Hall–Kier alpha value is -5.05. The molecule has 0 aliphatic carbocycles. The van der Waals surface area contributed by atoms with Gasteiger partial charge >= 0.3 is 0 Å². The predicted molar refractivity (Wildman–Crippen MR) is 176 cm³/mol. The number of hydrogen-bond donors (Lipinski definition) is 3. The molecule has 238 valence electrons. The average molecular weight is 642 g/mol. The molecule has 0 atom stereocenters. The molecule has 0 radical (unpaired) electrons. The molecular formula is C32H35N9O4S. The van der Waals surface area contributed by atoms with Crippen LogP contribution in [0.1, 0.15) is 31.5 Å². The molecule has 1 aliphatic heterocycles. The number of aryl methyl sites for hydroxylation is 3. The van der Waals surface area contributed by atoms with Gasteiger partial charge in [0.25, 0.3) is 17.7 Å². The van der Waals surface area contributed by atoms with Crippen molar-refractivity contribution in [1.82, 2.24) is 33.9 Å². The van der Waals surface area contributed by atoms with Crippen molar-refractivity contribution in [2.45, 2.75) is 0 Å². The summed E-state index contributed by atoms with van der Waals surface area (Å²) < 4.78 is 10.4. The molecule has 0 saturated carbocycles. The number of rotatable bonds is 10. The zero-order chi connectivity index (χ0) is 32.2. The maximum absolute atomic E-state index is 13.5. The van der Waals surface area contributed by atoms with E-state index in [0.29, 0.717) is 59.5 Å². The normalized spacial score (nSPS) is 13.5. The van der Waals surface area contributed by atoms with Crippen molar-refractivity contribution < 1.29 is 19.1 Å². The summed E-state index contributed by atoms with van der Waals surface area (Å²) in [6.07, 6.45) is 8.65. The van der Waals surface area contributed by atoms with Crippen LogP contribution in [-0.2, 0) is 25.9 Å². The molecule has 5 aromatic rings. The summed E-state index contributed by atoms with van der Waals surface area (Å²) in [5.41, 5.74) is 4.46. The van der Waals surface area contributed by atoms with Gasteiger partial charge in [0, 0.05) is 94.8 Å². The monoisotopic (exact) mass is 641 g/mol. The fourth-order valence-corrected chi connectivity index (χ4v) is 6.19. The fourth-order valence-electron chi connectivity index (χ4n) is 5.38. The number of ether oxygens (including phenoxy) is 1. The van der Waals surface area contributed by atoms with Crippen molar-refractivity contribution in [3.05, 3.63) is 83.8 Å². The van der Waals surface area contributed by atoms with Crippen molar-refractivity contribution in [1.29, 1.82) is 0 Å². The Morgan fingerprint density at radius 3 is 2.30 bits per heavy atom. The molecule has 3 N–H and O–H groups in total. The van der Waals surface area contributed by atoms with Crippen LogP contribution in [0, 0.1) is 0 Å². The van der Waals surface area contributed by atoms with E-state index in [1.54, 1.807) is 71.8 Å². The van der Waals surface area contributed by atoms with Gasteiger partial charge in [-0.05, 0) is 30.3 Å². The first-order valence-electron chi connectivity index (χ1n) is 14.8. The molecule has 0 aromatic carbocycles. The van der Waals surface area contributed by atoms with E-state index in [1.165, 1.54) is 11.3 Å². The molecule has 6 rings (SSSR count). The van der Waals surface area contributed by atoms with E-state index in [9.17, 15) is 14.4 Å². The van der Waals surface area contributed by atoms with Crippen molar-refractivity contribution in [3.63, 3.8) is 0 Å². The standard InChI is InChI=1S/C32H35N9O4S/c1-38-9-6-24(25-20-46-32(37-25)21-5-4-7-33-17-21)28(38)31(44)36-23-16-27(40(3)19-23)30(43)35-22-15-26(39(2)18-22)29(42)34-8-10-41-11-13-45-14-12-41/h4-7,9,15-20H,8,10-14H2,1-3H3,(H,34,42)(H,35,43)(H,36,44). The summed E-state index contributed by atoms with van der Waals surface area (Å²) in [5.74, 6) is -0.924. The third kappa shape index (κ3) is 6.78. The Morgan fingerprint density at radius 2 is 1.61 bits per heavy atom. The molecule has 13 nitrogen and oxygen atoms in total. The second kappa shape index (κ2) is 13.5. The van der Waals surface area contributed by atoms with Gasteiger partial charge < -0.3 is 34.4 Å². The minimum atomic E-state index is -0.377. The number of nitrogens with zero attached hydrogens (tertiary/aromatic N) is 6. The quantitative estimate of drug-likeness (QED) is 0.212. The molecule has 14 heteroatoms. The van der Waals surface area contributed by atoms with Crippen molar-refractivity contribution >= 4 is 40.4 Å².